The van der Waals surface area contributed by atoms with Crippen LogP contribution in [0.5, 0.6) is 0 Å². The first-order valence-corrected chi connectivity index (χ1v) is 2.84. The third kappa shape index (κ3) is 2.17. The maximum atomic E-state index is 8.92. The molecule has 0 unspecified atom stereocenters. The Kier molecular flexibility index (Phi) is 5.06. The SMILES string of the molecule is OC[C@H]1OC[C@H](O)[C@@H]1O.[H-].[Na+]. The van der Waals surface area contributed by atoms with E-state index in [9.17, 15) is 0 Å². The van der Waals surface area contributed by atoms with E-state index in [1.165, 1.54) is 0 Å². The average molecular weight is 158 g/mol. The first-order chi connectivity index (χ1) is 4.25. The monoisotopic (exact) mass is 158 g/mol. The van der Waals surface area contributed by atoms with Crippen LogP contribution in [0, 0.1) is 0 Å². The number of hydrogen-bond acceptors (Lipinski definition) is 4. The molecule has 0 amide bonds. The van der Waals surface area contributed by atoms with E-state index >= 15 is 0 Å². The van der Waals surface area contributed by atoms with Crippen molar-refractivity contribution in [1.29, 1.82) is 0 Å². The topological polar surface area (TPSA) is 69.9 Å². The van der Waals surface area contributed by atoms with Crippen LogP contribution in [0.15, 0.2) is 0 Å². The molecule has 0 aliphatic carbocycles. The molecule has 0 radical (unpaired) electrons. The minimum Gasteiger partial charge on any atom is -1.00 e. The first-order valence-electron chi connectivity index (χ1n) is 2.84. The Balaban J connectivity index is 0. The van der Waals surface area contributed by atoms with Crippen molar-refractivity contribution >= 4 is 0 Å². The van der Waals surface area contributed by atoms with Crippen molar-refractivity contribution in [2.24, 2.45) is 0 Å². The van der Waals surface area contributed by atoms with Gasteiger partial charge in [0, 0.05) is 0 Å². The third-order valence-electron chi connectivity index (χ3n) is 1.44. The standard InChI is InChI=1S/C5H10O4.Na.H/c6-1-4-5(8)3(7)2-9-4;;/h3-8H,1-2H2;;/q;+1;-1/t3-,4+,5-;;/m0../s1. The van der Waals surface area contributed by atoms with Gasteiger partial charge in [-0.25, -0.2) is 0 Å². The Morgan fingerprint density at radius 1 is 1.50 bits per heavy atom. The second-order valence-corrected chi connectivity index (χ2v) is 2.11. The van der Waals surface area contributed by atoms with Crippen LogP contribution in [0.4, 0.5) is 0 Å². The van der Waals surface area contributed by atoms with Crippen LogP contribution in [0.1, 0.15) is 1.43 Å². The fourth-order valence-corrected chi connectivity index (χ4v) is 0.828. The predicted octanol–water partition coefficient (Wildman–Crippen LogP) is -4.78. The molecule has 3 atom stereocenters. The van der Waals surface area contributed by atoms with Gasteiger partial charge in [-0.15, -0.1) is 0 Å². The summed E-state index contributed by atoms with van der Waals surface area (Å²) in [6.45, 7) is -0.120. The molecule has 0 aromatic rings. The number of ether oxygens (including phenoxy) is 1. The van der Waals surface area contributed by atoms with Gasteiger partial charge in [0.1, 0.15) is 18.3 Å². The molecule has 10 heavy (non-hydrogen) atoms. The molecule has 1 heterocycles. The summed E-state index contributed by atoms with van der Waals surface area (Å²) < 4.78 is 4.78. The summed E-state index contributed by atoms with van der Waals surface area (Å²) >= 11 is 0. The van der Waals surface area contributed by atoms with Gasteiger partial charge in [-0.05, 0) is 0 Å². The Morgan fingerprint density at radius 3 is 2.30 bits per heavy atom. The minimum atomic E-state index is -0.921. The van der Waals surface area contributed by atoms with Crippen molar-refractivity contribution in [3.63, 3.8) is 0 Å². The van der Waals surface area contributed by atoms with E-state index in [0.29, 0.717) is 0 Å². The van der Waals surface area contributed by atoms with E-state index in [2.05, 4.69) is 0 Å². The molecule has 0 aromatic heterocycles. The zero-order valence-corrected chi connectivity index (χ0v) is 7.90. The number of aliphatic hydroxyl groups excluding tert-OH is 3. The average Bonchev–Trinajstić information content (AvgIpc) is 2.15. The number of hydrogen-bond donors (Lipinski definition) is 3. The van der Waals surface area contributed by atoms with Gasteiger partial charge in [0.15, 0.2) is 0 Å². The maximum absolute atomic E-state index is 8.92. The van der Waals surface area contributed by atoms with Crippen LogP contribution >= 0.6 is 0 Å². The van der Waals surface area contributed by atoms with E-state index in [0.717, 1.165) is 0 Å². The minimum absolute atomic E-state index is 0. The second kappa shape index (κ2) is 4.66. The molecule has 56 valence electrons. The first kappa shape index (κ1) is 10.8. The summed E-state index contributed by atoms with van der Waals surface area (Å²) in [7, 11) is 0. The van der Waals surface area contributed by atoms with Gasteiger partial charge in [0.25, 0.3) is 0 Å². The van der Waals surface area contributed by atoms with Crippen LogP contribution in [0.3, 0.4) is 0 Å². The van der Waals surface area contributed by atoms with Crippen LogP contribution in [-0.4, -0.2) is 46.8 Å². The van der Waals surface area contributed by atoms with E-state index in [1.807, 2.05) is 0 Å². The Hall–Kier alpha value is 0.840. The van der Waals surface area contributed by atoms with E-state index in [4.69, 9.17) is 20.1 Å². The van der Waals surface area contributed by atoms with Gasteiger partial charge >= 0.3 is 29.6 Å². The van der Waals surface area contributed by atoms with E-state index in [-0.39, 0.29) is 44.2 Å². The fraction of sp³-hybridized carbons (Fsp3) is 1.00. The zero-order chi connectivity index (χ0) is 6.85. The number of rotatable bonds is 1. The fourth-order valence-electron chi connectivity index (χ4n) is 0.828. The molecule has 0 saturated carbocycles. The van der Waals surface area contributed by atoms with Gasteiger partial charge in [-0.3, -0.25) is 0 Å². The molecule has 1 aliphatic rings. The van der Waals surface area contributed by atoms with Crippen molar-refractivity contribution in [3.05, 3.63) is 0 Å². The van der Waals surface area contributed by atoms with E-state index in [1.54, 1.807) is 0 Å². The normalized spacial score (nSPS) is 39.3. The summed E-state index contributed by atoms with van der Waals surface area (Å²) in [6.07, 6.45) is -2.35. The van der Waals surface area contributed by atoms with E-state index < -0.39 is 18.3 Å². The Morgan fingerprint density at radius 2 is 2.10 bits per heavy atom. The molecule has 1 rings (SSSR count). The van der Waals surface area contributed by atoms with Gasteiger partial charge in [0.2, 0.25) is 0 Å². The smallest absolute Gasteiger partial charge is 1.00 e. The molecule has 1 fully saturated rings. The summed E-state index contributed by atoms with van der Waals surface area (Å²) in [5.74, 6) is 0. The van der Waals surface area contributed by atoms with Crippen LogP contribution in [0.25, 0.3) is 0 Å². The molecule has 0 bridgehead atoms. The zero-order valence-electron chi connectivity index (χ0n) is 6.90. The molecule has 0 aromatic carbocycles. The van der Waals surface area contributed by atoms with Crippen molar-refractivity contribution in [2.45, 2.75) is 18.3 Å². The molecule has 3 N–H and O–H groups in total. The quantitative estimate of drug-likeness (QED) is 0.335. The van der Waals surface area contributed by atoms with Gasteiger partial charge in [0.05, 0.1) is 13.2 Å². The third-order valence-corrected chi connectivity index (χ3v) is 1.44. The second-order valence-electron chi connectivity index (χ2n) is 2.11. The molecule has 1 aliphatic heterocycles. The summed E-state index contributed by atoms with van der Waals surface area (Å²) in [6, 6.07) is 0. The van der Waals surface area contributed by atoms with Gasteiger partial charge < -0.3 is 21.5 Å². The van der Waals surface area contributed by atoms with Gasteiger partial charge in [-0.1, -0.05) is 0 Å². The maximum Gasteiger partial charge on any atom is 1.00 e. The van der Waals surface area contributed by atoms with Gasteiger partial charge in [-0.2, -0.15) is 0 Å². The van der Waals surface area contributed by atoms with Crippen molar-refractivity contribution in [2.75, 3.05) is 13.2 Å². The Bertz CT molecular complexity index is 104. The van der Waals surface area contributed by atoms with Crippen LogP contribution in [0.2, 0.25) is 0 Å². The molecular weight excluding hydrogens is 147 g/mol. The van der Waals surface area contributed by atoms with Crippen LogP contribution in [-0.2, 0) is 4.74 Å². The molecule has 1 saturated heterocycles. The predicted molar refractivity (Wildman–Crippen MR) is 30.0 cm³/mol. The van der Waals surface area contributed by atoms with Crippen molar-refractivity contribution in [1.82, 2.24) is 0 Å². The largest absolute Gasteiger partial charge is 1.00 e. The number of aliphatic hydroxyl groups is 3. The molecular formula is C5H11NaO4. The Labute approximate surface area is 82.6 Å². The molecule has 0 spiro atoms. The summed E-state index contributed by atoms with van der Waals surface area (Å²) in [5, 5.41) is 26.2. The molecule has 4 nitrogen and oxygen atoms in total. The summed E-state index contributed by atoms with van der Waals surface area (Å²) in [4.78, 5) is 0. The summed E-state index contributed by atoms with van der Waals surface area (Å²) in [5.41, 5.74) is 0. The van der Waals surface area contributed by atoms with Crippen molar-refractivity contribution in [3.8, 4) is 0 Å². The van der Waals surface area contributed by atoms with Crippen molar-refractivity contribution < 1.29 is 51.0 Å². The molecule has 5 heteroatoms. The van der Waals surface area contributed by atoms with Crippen LogP contribution < -0.4 is 29.6 Å².